The molecule has 0 N–H and O–H groups in total. The van der Waals surface area contributed by atoms with Crippen molar-refractivity contribution in [2.75, 3.05) is 29.9 Å². The number of likely N-dealkylation sites (N-methyl/N-ethyl adjacent to an activating group) is 1. The van der Waals surface area contributed by atoms with Crippen LogP contribution in [0.3, 0.4) is 0 Å². The van der Waals surface area contributed by atoms with E-state index < -0.39 is 0 Å². The summed E-state index contributed by atoms with van der Waals surface area (Å²) in [4.78, 5) is 21.2. The zero-order chi connectivity index (χ0) is 16.5. The average molecular weight is 319 g/mol. The van der Waals surface area contributed by atoms with Crippen molar-refractivity contribution >= 4 is 17.3 Å². The third-order valence-corrected chi connectivity index (χ3v) is 4.23. The fraction of sp³-hybridized carbons (Fsp3) is 0.158. The first-order valence-electron chi connectivity index (χ1n) is 7.87. The number of rotatable bonds is 2. The molecule has 4 rings (SSSR count). The first-order valence-corrected chi connectivity index (χ1v) is 7.87. The van der Waals surface area contributed by atoms with E-state index in [0.717, 1.165) is 23.5 Å². The Morgan fingerprint density at radius 3 is 2.50 bits per heavy atom. The molecule has 0 spiro atoms. The highest BCUT2D eigenvalue weighted by Crippen LogP contribution is 2.32. The zero-order valence-electron chi connectivity index (χ0n) is 13.3. The molecule has 1 aromatic heterocycles. The molecule has 0 saturated carbocycles. The monoisotopic (exact) mass is 319 g/mol. The van der Waals surface area contributed by atoms with Crippen molar-refractivity contribution < 1.29 is 9.21 Å². The van der Waals surface area contributed by atoms with E-state index in [9.17, 15) is 4.79 Å². The molecule has 0 saturated heterocycles. The Morgan fingerprint density at radius 2 is 1.71 bits per heavy atom. The van der Waals surface area contributed by atoms with Crippen molar-refractivity contribution in [3.8, 4) is 11.5 Å². The molecule has 3 aromatic rings. The zero-order valence-corrected chi connectivity index (χ0v) is 13.3. The second-order valence-corrected chi connectivity index (χ2v) is 5.77. The molecule has 1 aliphatic heterocycles. The Morgan fingerprint density at radius 1 is 1.00 bits per heavy atom. The summed E-state index contributed by atoms with van der Waals surface area (Å²) in [7, 11) is 2.03. The molecule has 5 heteroatoms. The van der Waals surface area contributed by atoms with E-state index in [1.54, 1.807) is 4.90 Å². The van der Waals surface area contributed by atoms with E-state index in [-0.39, 0.29) is 5.91 Å². The van der Waals surface area contributed by atoms with Crippen LogP contribution in [-0.2, 0) is 0 Å². The van der Waals surface area contributed by atoms with E-state index in [4.69, 9.17) is 4.42 Å². The Bertz CT molecular complexity index is 873. The first kappa shape index (κ1) is 14.5. The van der Waals surface area contributed by atoms with Crippen LogP contribution in [0.15, 0.2) is 65.3 Å². The van der Waals surface area contributed by atoms with E-state index in [2.05, 4.69) is 9.88 Å². The molecular weight excluding hydrogens is 302 g/mol. The van der Waals surface area contributed by atoms with Gasteiger partial charge in [0.15, 0.2) is 5.69 Å². The van der Waals surface area contributed by atoms with Gasteiger partial charge in [0.25, 0.3) is 5.91 Å². The number of carbonyl (C=O) groups excluding carboxylic acids is 1. The van der Waals surface area contributed by atoms with Crippen molar-refractivity contribution in [2.24, 2.45) is 0 Å². The molecule has 0 aliphatic carbocycles. The van der Waals surface area contributed by atoms with Crippen LogP contribution in [-0.4, -0.2) is 31.0 Å². The van der Waals surface area contributed by atoms with Crippen LogP contribution in [0.5, 0.6) is 0 Å². The van der Waals surface area contributed by atoms with Gasteiger partial charge in [-0.15, -0.1) is 0 Å². The SMILES string of the molecule is CN1CCN(C(=O)c2coc(-c3ccccc3)n2)c2ccccc21. The molecule has 120 valence electrons. The van der Waals surface area contributed by atoms with Crippen molar-refractivity contribution in [1.82, 2.24) is 4.98 Å². The minimum atomic E-state index is -0.138. The molecule has 0 unspecified atom stereocenters. The number of fused-ring (bicyclic) bond motifs is 1. The number of hydrogen-bond acceptors (Lipinski definition) is 4. The van der Waals surface area contributed by atoms with E-state index >= 15 is 0 Å². The summed E-state index contributed by atoms with van der Waals surface area (Å²) in [6.45, 7) is 1.41. The Hall–Kier alpha value is -3.08. The number of oxazole rings is 1. The summed E-state index contributed by atoms with van der Waals surface area (Å²) >= 11 is 0. The van der Waals surface area contributed by atoms with Gasteiger partial charge in [-0.3, -0.25) is 4.79 Å². The van der Waals surface area contributed by atoms with Gasteiger partial charge in [-0.1, -0.05) is 30.3 Å². The number of amides is 1. The minimum absolute atomic E-state index is 0.138. The molecular formula is C19H17N3O2. The molecule has 2 aromatic carbocycles. The molecule has 5 nitrogen and oxygen atoms in total. The Balaban J connectivity index is 1.66. The van der Waals surface area contributed by atoms with Crippen molar-refractivity contribution in [3.05, 3.63) is 66.6 Å². The first-order chi connectivity index (χ1) is 11.7. The normalized spacial score (nSPS) is 13.7. The van der Waals surface area contributed by atoms with Crippen molar-refractivity contribution in [2.45, 2.75) is 0 Å². The van der Waals surface area contributed by atoms with Crippen molar-refractivity contribution in [1.29, 1.82) is 0 Å². The second-order valence-electron chi connectivity index (χ2n) is 5.77. The molecule has 2 heterocycles. The molecule has 24 heavy (non-hydrogen) atoms. The van der Waals surface area contributed by atoms with Crippen LogP contribution < -0.4 is 9.80 Å². The van der Waals surface area contributed by atoms with Crippen LogP contribution in [0.1, 0.15) is 10.5 Å². The largest absolute Gasteiger partial charge is 0.444 e. The quantitative estimate of drug-likeness (QED) is 0.726. The molecule has 1 amide bonds. The maximum atomic E-state index is 12.9. The fourth-order valence-corrected chi connectivity index (χ4v) is 2.94. The molecule has 0 radical (unpaired) electrons. The number of nitrogens with zero attached hydrogens (tertiary/aromatic N) is 3. The maximum Gasteiger partial charge on any atom is 0.280 e. The van der Waals surface area contributed by atoms with Crippen LogP contribution in [0.2, 0.25) is 0 Å². The van der Waals surface area contributed by atoms with Gasteiger partial charge in [-0.25, -0.2) is 4.98 Å². The predicted molar refractivity (Wildman–Crippen MR) is 93.3 cm³/mol. The summed E-state index contributed by atoms with van der Waals surface area (Å²) in [6.07, 6.45) is 1.44. The van der Waals surface area contributed by atoms with Gasteiger partial charge in [-0.05, 0) is 24.3 Å². The lowest BCUT2D eigenvalue weighted by atomic mass is 10.1. The minimum Gasteiger partial charge on any atom is -0.444 e. The Kier molecular flexibility index (Phi) is 3.54. The highest BCUT2D eigenvalue weighted by Gasteiger charge is 2.27. The highest BCUT2D eigenvalue weighted by atomic mass is 16.3. The summed E-state index contributed by atoms with van der Waals surface area (Å²) in [5, 5.41) is 0. The van der Waals surface area contributed by atoms with E-state index in [1.165, 1.54) is 6.26 Å². The van der Waals surface area contributed by atoms with Crippen LogP contribution in [0.25, 0.3) is 11.5 Å². The number of carbonyl (C=O) groups is 1. The lowest BCUT2D eigenvalue weighted by Crippen LogP contribution is -2.42. The summed E-state index contributed by atoms with van der Waals surface area (Å²) in [5.41, 5.74) is 3.13. The second kappa shape index (κ2) is 5.85. The number of para-hydroxylation sites is 2. The lowest BCUT2D eigenvalue weighted by molar-refractivity contribution is 0.0982. The summed E-state index contributed by atoms with van der Waals surface area (Å²) in [6, 6.07) is 17.5. The average Bonchev–Trinajstić information content (AvgIpc) is 3.13. The highest BCUT2D eigenvalue weighted by molar-refractivity contribution is 6.07. The number of anilines is 2. The third kappa shape index (κ3) is 2.44. The van der Waals surface area contributed by atoms with Gasteiger partial charge in [-0.2, -0.15) is 0 Å². The van der Waals surface area contributed by atoms with Gasteiger partial charge >= 0.3 is 0 Å². The lowest BCUT2D eigenvalue weighted by Gasteiger charge is -2.35. The van der Waals surface area contributed by atoms with Gasteiger partial charge in [0, 0.05) is 25.7 Å². The smallest absolute Gasteiger partial charge is 0.280 e. The molecule has 0 bridgehead atoms. The van der Waals surface area contributed by atoms with Gasteiger partial charge < -0.3 is 14.2 Å². The molecule has 1 aliphatic rings. The van der Waals surface area contributed by atoms with Gasteiger partial charge in [0.05, 0.1) is 11.4 Å². The van der Waals surface area contributed by atoms with Gasteiger partial charge in [0.2, 0.25) is 5.89 Å². The van der Waals surface area contributed by atoms with Crippen LogP contribution >= 0.6 is 0 Å². The third-order valence-electron chi connectivity index (χ3n) is 4.23. The van der Waals surface area contributed by atoms with Crippen LogP contribution in [0, 0.1) is 0 Å². The number of aromatic nitrogens is 1. The van der Waals surface area contributed by atoms with E-state index in [0.29, 0.717) is 18.1 Å². The number of benzene rings is 2. The molecule has 0 atom stereocenters. The predicted octanol–water partition coefficient (Wildman–Crippen LogP) is 3.44. The van der Waals surface area contributed by atoms with E-state index in [1.807, 2.05) is 61.6 Å². The van der Waals surface area contributed by atoms with Gasteiger partial charge in [0.1, 0.15) is 6.26 Å². The topological polar surface area (TPSA) is 49.6 Å². The Labute approximate surface area is 140 Å². The summed E-state index contributed by atoms with van der Waals surface area (Å²) in [5.74, 6) is 0.322. The standard InChI is InChI=1S/C19H17N3O2/c1-21-11-12-22(17-10-6-5-9-16(17)21)19(23)15-13-24-18(20-15)14-7-3-2-4-8-14/h2-10,13H,11-12H2,1H3. The summed E-state index contributed by atoms with van der Waals surface area (Å²) < 4.78 is 5.50. The number of hydrogen-bond donors (Lipinski definition) is 0. The van der Waals surface area contributed by atoms with Crippen LogP contribution in [0.4, 0.5) is 11.4 Å². The van der Waals surface area contributed by atoms with Crippen molar-refractivity contribution in [3.63, 3.8) is 0 Å². The maximum absolute atomic E-state index is 12.9. The fourth-order valence-electron chi connectivity index (χ4n) is 2.94. The molecule has 0 fully saturated rings.